The van der Waals surface area contributed by atoms with Crippen molar-refractivity contribution in [2.45, 2.75) is 58.5 Å². The van der Waals surface area contributed by atoms with Crippen LogP contribution in [0.2, 0.25) is 0 Å². The van der Waals surface area contributed by atoms with Gasteiger partial charge >= 0.3 is 0 Å². The molecule has 0 aliphatic heterocycles. The van der Waals surface area contributed by atoms with Gasteiger partial charge in [0, 0.05) is 12.1 Å². The topological polar surface area (TPSA) is 32.3 Å². The average molecular weight is 185 g/mol. The fraction of sp³-hybridized carbons (Fsp3) is 1.00. The normalized spacial score (nSPS) is 29.1. The van der Waals surface area contributed by atoms with E-state index < -0.39 is 0 Å². The Bertz CT molecular complexity index is 152. The molecule has 1 aliphatic carbocycles. The molecule has 1 saturated carbocycles. The van der Waals surface area contributed by atoms with E-state index in [-0.39, 0.29) is 6.61 Å². The Morgan fingerprint density at radius 2 is 2.23 bits per heavy atom. The third kappa shape index (κ3) is 3.28. The molecule has 78 valence electrons. The van der Waals surface area contributed by atoms with Crippen molar-refractivity contribution in [1.29, 1.82) is 0 Å². The van der Waals surface area contributed by atoms with Crippen LogP contribution in [0.25, 0.3) is 0 Å². The van der Waals surface area contributed by atoms with E-state index in [1.807, 2.05) is 0 Å². The summed E-state index contributed by atoms with van der Waals surface area (Å²) in [5.41, 5.74) is 0.505. The number of hydrogen-bond acceptors (Lipinski definition) is 2. The molecule has 0 saturated heterocycles. The highest BCUT2D eigenvalue weighted by molar-refractivity contribution is 4.87. The molecule has 0 spiro atoms. The van der Waals surface area contributed by atoms with E-state index in [1.165, 1.54) is 19.3 Å². The van der Waals surface area contributed by atoms with Gasteiger partial charge in [-0.3, -0.25) is 0 Å². The zero-order valence-electron chi connectivity index (χ0n) is 9.14. The molecule has 2 N–H and O–H groups in total. The van der Waals surface area contributed by atoms with Crippen molar-refractivity contribution in [3.8, 4) is 0 Å². The first kappa shape index (κ1) is 11.0. The van der Waals surface area contributed by atoms with E-state index in [1.54, 1.807) is 0 Å². The Hall–Kier alpha value is -0.0800. The SMILES string of the molecule is CC[C@@H](CO)NC1CCC(C)(C)C1. The van der Waals surface area contributed by atoms with Crippen molar-refractivity contribution in [2.24, 2.45) is 5.41 Å². The summed E-state index contributed by atoms with van der Waals surface area (Å²) in [6.45, 7) is 7.05. The molecule has 0 aromatic carbocycles. The maximum atomic E-state index is 9.05. The molecule has 0 amide bonds. The highest BCUT2D eigenvalue weighted by Gasteiger charge is 2.31. The van der Waals surface area contributed by atoms with Crippen molar-refractivity contribution in [3.63, 3.8) is 0 Å². The Kier molecular flexibility index (Phi) is 3.74. The van der Waals surface area contributed by atoms with Crippen LogP contribution >= 0.6 is 0 Å². The van der Waals surface area contributed by atoms with Crippen molar-refractivity contribution >= 4 is 0 Å². The highest BCUT2D eigenvalue weighted by Crippen LogP contribution is 2.37. The first-order chi connectivity index (χ1) is 6.07. The average Bonchev–Trinajstić information content (AvgIpc) is 2.41. The van der Waals surface area contributed by atoms with Crippen molar-refractivity contribution in [3.05, 3.63) is 0 Å². The van der Waals surface area contributed by atoms with Crippen LogP contribution in [0.4, 0.5) is 0 Å². The molecule has 1 unspecified atom stereocenters. The summed E-state index contributed by atoms with van der Waals surface area (Å²) in [7, 11) is 0. The second-order valence-corrected chi connectivity index (χ2v) is 5.06. The Balaban J connectivity index is 2.31. The summed E-state index contributed by atoms with van der Waals surface area (Å²) < 4.78 is 0. The fourth-order valence-electron chi connectivity index (χ4n) is 2.21. The number of aliphatic hydroxyl groups is 1. The summed E-state index contributed by atoms with van der Waals surface area (Å²) in [6, 6.07) is 0.936. The van der Waals surface area contributed by atoms with Gasteiger partial charge in [0.15, 0.2) is 0 Å². The number of nitrogens with one attached hydrogen (secondary N) is 1. The van der Waals surface area contributed by atoms with Crippen molar-refractivity contribution < 1.29 is 5.11 Å². The van der Waals surface area contributed by atoms with E-state index in [9.17, 15) is 0 Å². The number of hydrogen-bond donors (Lipinski definition) is 2. The largest absolute Gasteiger partial charge is 0.395 e. The van der Waals surface area contributed by atoms with Gasteiger partial charge in [-0.25, -0.2) is 0 Å². The predicted octanol–water partition coefficient (Wildman–Crippen LogP) is 1.93. The number of rotatable bonds is 4. The quantitative estimate of drug-likeness (QED) is 0.701. The van der Waals surface area contributed by atoms with Crippen LogP contribution in [0.5, 0.6) is 0 Å². The van der Waals surface area contributed by atoms with Gasteiger partial charge < -0.3 is 10.4 Å². The van der Waals surface area contributed by atoms with Crippen LogP contribution in [0.3, 0.4) is 0 Å². The summed E-state index contributed by atoms with van der Waals surface area (Å²) in [5, 5.41) is 12.6. The van der Waals surface area contributed by atoms with E-state index in [0.29, 0.717) is 17.5 Å². The van der Waals surface area contributed by atoms with Gasteiger partial charge in [-0.05, 0) is 31.1 Å². The van der Waals surface area contributed by atoms with Gasteiger partial charge in [0.1, 0.15) is 0 Å². The molecule has 0 bridgehead atoms. The van der Waals surface area contributed by atoms with Crippen molar-refractivity contribution in [1.82, 2.24) is 5.32 Å². The molecule has 0 radical (unpaired) electrons. The van der Waals surface area contributed by atoms with E-state index in [2.05, 4.69) is 26.1 Å². The van der Waals surface area contributed by atoms with Crippen LogP contribution in [-0.4, -0.2) is 23.8 Å². The van der Waals surface area contributed by atoms with E-state index in [4.69, 9.17) is 5.11 Å². The zero-order chi connectivity index (χ0) is 9.90. The first-order valence-corrected chi connectivity index (χ1v) is 5.44. The van der Waals surface area contributed by atoms with Gasteiger partial charge in [0.2, 0.25) is 0 Å². The minimum atomic E-state index is 0.271. The smallest absolute Gasteiger partial charge is 0.0584 e. The second kappa shape index (κ2) is 4.43. The van der Waals surface area contributed by atoms with Gasteiger partial charge in [-0.1, -0.05) is 20.8 Å². The molecule has 1 aliphatic rings. The van der Waals surface area contributed by atoms with Gasteiger partial charge in [0.25, 0.3) is 0 Å². The maximum Gasteiger partial charge on any atom is 0.0584 e. The molecule has 1 fully saturated rings. The third-order valence-electron chi connectivity index (χ3n) is 3.15. The summed E-state index contributed by atoms with van der Waals surface area (Å²) in [5.74, 6) is 0. The van der Waals surface area contributed by atoms with E-state index in [0.717, 1.165) is 6.42 Å². The molecule has 2 atom stereocenters. The molecule has 0 heterocycles. The third-order valence-corrected chi connectivity index (χ3v) is 3.15. The van der Waals surface area contributed by atoms with Gasteiger partial charge in [-0.15, -0.1) is 0 Å². The van der Waals surface area contributed by atoms with Crippen molar-refractivity contribution in [2.75, 3.05) is 6.61 Å². The monoisotopic (exact) mass is 185 g/mol. The lowest BCUT2D eigenvalue weighted by molar-refractivity contribution is 0.224. The van der Waals surface area contributed by atoms with E-state index >= 15 is 0 Å². The van der Waals surface area contributed by atoms with Gasteiger partial charge in [-0.2, -0.15) is 0 Å². The highest BCUT2D eigenvalue weighted by atomic mass is 16.3. The summed E-state index contributed by atoms with van der Waals surface area (Å²) in [6.07, 6.45) is 4.85. The van der Waals surface area contributed by atoms with Crippen LogP contribution in [0, 0.1) is 5.41 Å². The molecular weight excluding hydrogens is 162 g/mol. The Labute approximate surface area is 81.7 Å². The summed E-state index contributed by atoms with van der Waals surface area (Å²) in [4.78, 5) is 0. The molecule has 2 nitrogen and oxygen atoms in total. The number of aliphatic hydroxyl groups excluding tert-OH is 1. The minimum absolute atomic E-state index is 0.271. The Morgan fingerprint density at radius 3 is 2.62 bits per heavy atom. The maximum absolute atomic E-state index is 9.05. The fourth-order valence-corrected chi connectivity index (χ4v) is 2.21. The predicted molar refractivity (Wildman–Crippen MR) is 55.7 cm³/mol. The van der Waals surface area contributed by atoms with Crippen LogP contribution in [0.1, 0.15) is 46.5 Å². The first-order valence-electron chi connectivity index (χ1n) is 5.44. The molecule has 0 aromatic heterocycles. The molecule has 1 rings (SSSR count). The minimum Gasteiger partial charge on any atom is -0.395 e. The molecule has 0 aromatic rings. The molecule has 13 heavy (non-hydrogen) atoms. The lowest BCUT2D eigenvalue weighted by Crippen LogP contribution is -2.39. The second-order valence-electron chi connectivity index (χ2n) is 5.06. The Morgan fingerprint density at radius 1 is 1.54 bits per heavy atom. The summed E-state index contributed by atoms with van der Waals surface area (Å²) >= 11 is 0. The lowest BCUT2D eigenvalue weighted by Gasteiger charge is -2.22. The van der Waals surface area contributed by atoms with Crippen LogP contribution < -0.4 is 5.32 Å². The zero-order valence-corrected chi connectivity index (χ0v) is 9.14. The van der Waals surface area contributed by atoms with Crippen LogP contribution in [0.15, 0.2) is 0 Å². The lowest BCUT2D eigenvalue weighted by atomic mass is 9.92. The molecular formula is C11H23NO. The standard InChI is InChI=1S/C11H23NO/c1-4-9(8-13)12-10-5-6-11(2,3)7-10/h9-10,12-13H,4-8H2,1-3H3/t9-,10?/m0/s1. The molecule has 2 heteroatoms. The van der Waals surface area contributed by atoms with Crippen LogP contribution in [-0.2, 0) is 0 Å². The van der Waals surface area contributed by atoms with Gasteiger partial charge in [0.05, 0.1) is 6.61 Å².